The highest BCUT2D eigenvalue weighted by Crippen LogP contribution is 2.23. The summed E-state index contributed by atoms with van der Waals surface area (Å²) in [7, 11) is 1.16. The Morgan fingerprint density at radius 1 is 1.64 bits per heavy atom. The Labute approximate surface area is 88.2 Å². The van der Waals surface area contributed by atoms with Crippen LogP contribution in [0, 0.1) is 17.1 Å². The molecule has 0 saturated carbocycles. The minimum atomic E-state index is -0.782. The van der Waals surface area contributed by atoms with Crippen molar-refractivity contribution in [2.24, 2.45) is 0 Å². The van der Waals surface area contributed by atoms with E-state index < -0.39 is 11.8 Å². The Kier molecular flexibility index (Phi) is 3.20. The molecule has 72 valence electrons. The van der Waals surface area contributed by atoms with Gasteiger partial charge in [-0.15, -0.1) is 0 Å². The number of hydrogen-bond donors (Lipinski definition) is 0. The largest absolute Gasteiger partial charge is 0.465 e. The number of rotatable bonds is 1. The van der Waals surface area contributed by atoms with Gasteiger partial charge in [-0.2, -0.15) is 5.26 Å². The number of nitriles is 1. The molecule has 0 atom stereocenters. The van der Waals surface area contributed by atoms with Crippen molar-refractivity contribution >= 4 is 21.9 Å². The van der Waals surface area contributed by atoms with E-state index in [9.17, 15) is 9.18 Å². The van der Waals surface area contributed by atoms with Gasteiger partial charge in [0.05, 0.1) is 22.7 Å². The van der Waals surface area contributed by atoms with E-state index in [0.29, 0.717) is 0 Å². The molecule has 1 aromatic rings. The zero-order valence-electron chi connectivity index (χ0n) is 7.17. The number of ether oxygens (including phenoxy) is 1. The number of nitrogens with zero attached hydrogens (tertiary/aromatic N) is 1. The van der Waals surface area contributed by atoms with E-state index in [1.54, 1.807) is 6.07 Å². The van der Waals surface area contributed by atoms with E-state index in [1.807, 2.05) is 0 Å². The van der Waals surface area contributed by atoms with Gasteiger partial charge in [-0.05, 0) is 28.1 Å². The highest BCUT2D eigenvalue weighted by atomic mass is 79.9. The zero-order valence-corrected chi connectivity index (χ0v) is 8.76. The normalized spacial score (nSPS) is 9.29. The summed E-state index contributed by atoms with van der Waals surface area (Å²) in [4.78, 5) is 11.0. The molecule has 1 rings (SSSR count). The summed E-state index contributed by atoms with van der Waals surface area (Å²) >= 11 is 2.88. The molecule has 0 heterocycles. The van der Waals surface area contributed by atoms with Crippen LogP contribution in [0.5, 0.6) is 0 Å². The smallest absolute Gasteiger partial charge is 0.340 e. The minimum absolute atomic E-state index is 0.0251. The maximum absolute atomic E-state index is 13.4. The lowest BCUT2D eigenvalue weighted by Gasteiger charge is -2.03. The van der Waals surface area contributed by atoms with E-state index in [4.69, 9.17) is 5.26 Å². The van der Waals surface area contributed by atoms with Gasteiger partial charge < -0.3 is 4.74 Å². The molecule has 0 N–H and O–H groups in total. The van der Waals surface area contributed by atoms with Gasteiger partial charge in [0.2, 0.25) is 0 Å². The van der Waals surface area contributed by atoms with Crippen LogP contribution in [0.15, 0.2) is 16.6 Å². The van der Waals surface area contributed by atoms with Crippen molar-refractivity contribution in [1.82, 2.24) is 0 Å². The predicted octanol–water partition coefficient (Wildman–Crippen LogP) is 2.25. The maximum Gasteiger partial charge on any atom is 0.340 e. The summed E-state index contributed by atoms with van der Waals surface area (Å²) in [5.74, 6) is -1.55. The number of carbonyl (C=O) groups excluding carboxylic acids is 1. The third-order valence-corrected chi connectivity index (χ3v) is 2.38. The summed E-state index contributed by atoms with van der Waals surface area (Å²) in [6, 6.07) is 4.34. The van der Waals surface area contributed by atoms with Crippen molar-refractivity contribution in [2.75, 3.05) is 7.11 Å². The van der Waals surface area contributed by atoms with E-state index >= 15 is 0 Å². The zero-order chi connectivity index (χ0) is 10.7. The molecule has 0 aliphatic rings. The Balaban J connectivity index is 3.33. The molecule has 3 nitrogen and oxygen atoms in total. The third-order valence-electron chi connectivity index (χ3n) is 1.61. The van der Waals surface area contributed by atoms with Crippen molar-refractivity contribution < 1.29 is 13.9 Å². The predicted molar refractivity (Wildman–Crippen MR) is 50.2 cm³/mol. The van der Waals surface area contributed by atoms with Gasteiger partial charge >= 0.3 is 5.97 Å². The minimum Gasteiger partial charge on any atom is -0.465 e. The fourth-order valence-corrected chi connectivity index (χ4v) is 1.34. The molecule has 14 heavy (non-hydrogen) atoms. The Hall–Kier alpha value is -1.41. The first-order chi connectivity index (χ1) is 6.61. The molecular weight excluding hydrogens is 253 g/mol. The van der Waals surface area contributed by atoms with Gasteiger partial charge in [-0.3, -0.25) is 0 Å². The molecule has 0 aliphatic carbocycles. The van der Waals surface area contributed by atoms with E-state index in [2.05, 4.69) is 20.7 Å². The second-order valence-electron chi connectivity index (χ2n) is 2.39. The summed E-state index contributed by atoms with van der Waals surface area (Å²) < 4.78 is 17.7. The topological polar surface area (TPSA) is 50.1 Å². The fraction of sp³-hybridized carbons (Fsp3) is 0.111. The number of hydrogen-bond acceptors (Lipinski definition) is 3. The van der Waals surface area contributed by atoms with Gasteiger partial charge in [0.1, 0.15) is 6.07 Å². The van der Waals surface area contributed by atoms with Crippen LogP contribution in [0.2, 0.25) is 0 Å². The molecule has 1 aromatic carbocycles. The van der Waals surface area contributed by atoms with Crippen LogP contribution in [-0.2, 0) is 4.74 Å². The molecule has 0 spiro atoms. The number of carbonyl (C=O) groups is 1. The van der Waals surface area contributed by atoms with Crippen molar-refractivity contribution in [2.45, 2.75) is 0 Å². The van der Waals surface area contributed by atoms with Crippen molar-refractivity contribution in [3.63, 3.8) is 0 Å². The van der Waals surface area contributed by atoms with Gasteiger partial charge in [0, 0.05) is 0 Å². The fourth-order valence-electron chi connectivity index (χ4n) is 0.903. The lowest BCUT2D eigenvalue weighted by atomic mass is 10.1. The van der Waals surface area contributed by atoms with Crippen LogP contribution in [-0.4, -0.2) is 13.1 Å². The average Bonchev–Trinajstić information content (AvgIpc) is 2.21. The molecule has 5 heteroatoms. The molecule has 0 fully saturated rings. The Morgan fingerprint density at radius 3 is 2.79 bits per heavy atom. The molecule has 0 aliphatic heterocycles. The second-order valence-corrected chi connectivity index (χ2v) is 3.19. The number of halogens is 2. The molecular formula is C9H5BrFNO2. The van der Waals surface area contributed by atoms with Crippen LogP contribution in [0.25, 0.3) is 0 Å². The Morgan fingerprint density at radius 2 is 2.29 bits per heavy atom. The highest BCUT2D eigenvalue weighted by molar-refractivity contribution is 9.10. The standard InChI is InChI=1S/C9H5BrFNO2/c1-14-9(13)6-3-2-5(4-12)7(10)8(6)11/h2-3H,1H3. The first-order valence-corrected chi connectivity index (χ1v) is 4.37. The van der Waals surface area contributed by atoms with Gasteiger partial charge in [0.25, 0.3) is 0 Å². The SMILES string of the molecule is COC(=O)c1ccc(C#N)c(Br)c1F. The highest BCUT2D eigenvalue weighted by Gasteiger charge is 2.16. The van der Waals surface area contributed by atoms with E-state index in [0.717, 1.165) is 7.11 Å². The van der Waals surface area contributed by atoms with Crippen LogP contribution in [0.3, 0.4) is 0 Å². The van der Waals surface area contributed by atoms with Crippen molar-refractivity contribution in [1.29, 1.82) is 5.26 Å². The van der Waals surface area contributed by atoms with E-state index in [-0.39, 0.29) is 15.6 Å². The second kappa shape index (κ2) is 4.20. The van der Waals surface area contributed by atoms with Gasteiger partial charge in [0.15, 0.2) is 5.82 Å². The lowest BCUT2D eigenvalue weighted by Crippen LogP contribution is -2.05. The molecule has 0 bridgehead atoms. The molecule has 0 aromatic heterocycles. The monoisotopic (exact) mass is 257 g/mol. The first kappa shape index (κ1) is 10.7. The molecule has 0 amide bonds. The van der Waals surface area contributed by atoms with E-state index in [1.165, 1.54) is 12.1 Å². The molecule has 0 radical (unpaired) electrons. The lowest BCUT2D eigenvalue weighted by molar-refractivity contribution is 0.0595. The summed E-state index contributed by atoms with van der Waals surface area (Å²) in [6.45, 7) is 0. The van der Waals surface area contributed by atoms with Gasteiger partial charge in [-0.1, -0.05) is 0 Å². The quantitative estimate of drug-likeness (QED) is 0.726. The van der Waals surface area contributed by atoms with Crippen molar-refractivity contribution in [3.05, 3.63) is 33.5 Å². The van der Waals surface area contributed by atoms with Crippen LogP contribution < -0.4 is 0 Å². The number of methoxy groups -OCH3 is 1. The number of esters is 1. The van der Waals surface area contributed by atoms with Crippen LogP contribution in [0.4, 0.5) is 4.39 Å². The summed E-state index contributed by atoms with van der Waals surface area (Å²) in [6.07, 6.45) is 0. The molecule has 0 unspecified atom stereocenters. The van der Waals surface area contributed by atoms with Crippen LogP contribution >= 0.6 is 15.9 Å². The van der Waals surface area contributed by atoms with Crippen molar-refractivity contribution in [3.8, 4) is 6.07 Å². The maximum atomic E-state index is 13.4. The van der Waals surface area contributed by atoms with Gasteiger partial charge in [-0.25, -0.2) is 9.18 Å². The summed E-state index contributed by atoms with van der Waals surface area (Å²) in [5.41, 5.74) is -0.0615. The molecule has 0 saturated heterocycles. The third kappa shape index (κ3) is 1.75. The summed E-state index contributed by atoms with van der Waals surface area (Å²) in [5, 5.41) is 8.57. The number of benzene rings is 1. The van der Waals surface area contributed by atoms with Crippen LogP contribution in [0.1, 0.15) is 15.9 Å². The Bertz CT molecular complexity index is 426. The average molecular weight is 258 g/mol. The first-order valence-electron chi connectivity index (χ1n) is 3.58.